The first-order valence-electron chi connectivity index (χ1n) is 8.82. The molecule has 1 atom stereocenters. The maximum Gasteiger partial charge on any atom is 0.351 e. The molecule has 154 valence electrons. The molecule has 3 rings (SSSR count). The van der Waals surface area contributed by atoms with Gasteiger partial charge in [-0.25, -0.2) is 13.2 Å². The fraction of sp³-hybridized carbons (Fsp3) is 0.250. The molecular formula is C20H22N2O6S. The molecule has 0 aliphatic rings. The topological polar surface area (TPSA) is 118 Å². The minimum atomic E-state index is -4.06. The van der Waals surface area contributed by atoms with Crippen LogP contribution in [0.3, 0.4) is 0 Å². The second kappa shape index (κ2) is 7.41. The van der Waals surface area contributed by atoms with Crippen LogP contribution in [0.4, 0.5) is 0 Å². The number of aromatic nitrogens is 1. The Morgan fingerprint density at radius 1 is 1.00 bits per heavy atom. The Labute approximate surface area is 168 Å². The van der Waals surface area contributed by atoms with Gasteiger partial charge in [0.05, 0.1) is 4.90 Å². The van der Waals surface area contributed by atoms with E-state index in [2.05, 4.69) is 4.72 Å². The first kappa shape index (κ1) is 20.7. The van der Waals surface area contributed by atoms with Crippen molar-refractivity contribution < 1.29 is 28.3 Å². The van der Waals surface area contributed by atoms with Crippen LogP contribution in [0.1, 0.15) is 20.8 Å². The highest BCUT2D eigenvalue weighted by Crippen LogP contribution is 2.25. The van der Waals surface area contributed by atoms with Crippen molar-refractivity contribution >= 4 is 26.8 Å². The average molecular weight is 418 g/mol. The summed E-state index contributed by atoms with van der Waals surface area (Å²) in [6, 6.07) is 13.0. The summed E-state index contributed by atoms with van der Waals surface area (Å²) < 4.78 is 28.8. The highest BCUT2D eigenvalue weighted by molar-refractivity contribution is 7.89. The SMILES string of the molecule is CC(C)(C)[C@H](NS(=O)(=O)c1ccc2ccccc2c1)C(=O)On1c(O)ccc1O. The van der Waals surface area contributed by atoms with Crippen molar-refractivity contribution in [2.45, 2.75) is 31.7 Å². The molecule has 0 saturated heterocycles. The lowest BCUT2D eigenvalue weighted by Gasteiger charge is -2.29. The summed E-state index contributed by atoms with van der Waals surface area (Å²) in [7, 11) is -4.06. The van der Waals surface area contributed by atoms with Gasteiger partial charge in [-0.2, -0.15) is 4.72 Å². The molecule has 9 heteroatoms. The van der Waals surface area contributed by atoms with E-state index in [0.29, 0.717) is 4.73 Å². The van der Waals surface area contributed by atoms with E-state index in [1.54, 1.807) is 39.0 Å². The lowest BCUT2D eigenvalue weighted by atomic mass is 9.87. The molecule has 1 aromatic heterocycles. The van der Waals surface area contributed by atoms with Crippen LogP contribution in [-0.4, -0.2) is 35.4 Å². The van der Waals surface area contributed by atoms with Gasteiger partial charge in [-0.15, -0.1) is 4.73 Å². The van der Waals surface area contributed by atoms with E-state index in [0.717, 1.165) is 22.9 Å². The Bertz CT molecular complexity index is 1140. The number of nitrogens with zero attached hydrogens (tertiary/aromatic N) is 1. The van der Waals surface area contributed by atoms with Crippen molar-refractivity contribution in [2.24, 2.45) is 5.41 Å². The number of sulfonamides is 1. The number of carbonyl (C=O) groups is 1. The lowest BCUT2D eigenvalue weighted by Crippen LogP contribution is -2.51. The fourth-order valence-corrected chi connectivity index (χ4v) is 4.20. The van der Waals surface area contributed by atoms with E-state index in [4.69, 9.17) is 4.84 Å². The number of rotatable bonds is 5. The van der Waals surface area contributed by atoms with Crippen LogP contribution in [0, 0.1) is 5.41 Å². The van der Waals surface area contributed by atoms with Crippen molar-refractivity contribution in [1.82, 2.24) is 9.45 Å². The molecule has 2 aromatic carbocycles. The molecule has 0 saturated carbocycles. The van der Waals surface area contributed by atoms with E-state index in [1.165, 1.54) is 12.1 Å². The predicted molar refractivity (Wildman–Crippen MR) is 107 cm³/mol. The third-order valence-electron chi connectivity index (χ3n) is 4.38. The molecular weight excluding hydrogens is 396 g/mol. The smallest absolute Gasteiger partial charge is 0.351 e. The molecule has 0 fully saturated rings. The first-order valence-corrected chi connectivity index (χ1v) is 10.3. The van der Waals surface area contributed by atoms with Crippen molar-refractivity contribution in [3.05, 3.63) is 54.6 Å². The third kappa shape index (κ3) is 4.36. The summed E-state index contributed by atoms with van der Waals surface area (Å²) in [4.78, 5) is 17.7. The van der Waals surface area contributed by atoms with Crippen LogP contribution in [0.25, 0.3) is 10.8 Å². The molecule has 3 aromatic rings. The van der Waals surface area contributed by atoms with Gasteiger partial charge in [0, 0.05) is 12.1 Å². The third-order valence-corrected chi connectivity index (χ3v) is 5.81. The van der Waals surface area contributed by atoms with E-state index in [-0.39, 0.29) is 4.90 Å². The normalized spacial score (nSPS) is 13.3. The molecule has 3 N–H and O–H groups in total. The van der Waals surface area contributed by atoms with Gasteiger partial charge in [0.2, 0.25) is 21.8 Å². The zero-order valence-corrected chi connectivity index (χ0v) is 17.0. The molecule has 0 bridgehead atoms. The number of nitrogens with one attached hydrogen (secondary N) is 1. The maximum absolute atomic E-state index is 12.9. The second-order valence-corrected chi connectivity index (χ2v) is 9.40. The highest BCUT2D eigenvalue weighted by Gasteiger charge is 2.38. The van der Waals surface area contributed by atoms with Crippen LogP contribution >= 0.6 is 0 Å². The second-order valence-electron chi connectivity index (χ2n) is 7.68. The molecule has 0 aliphatic carbocycles. The van der Waals surface area contributed by atoms with Crippen molar-refractivity contribution in [3.63, 3.8) is 0 Å². The molecule has 0 amide bonds. The van der Waals surface area contributed by atoms with E-state index >= 15 is 0 Å². The summed E-state index contributed by atoms with van der Waals surface area (Å²) in [6.45, 7) is 4.99. The summed E-state index contributed by atoms with van der Waals surface area (Å²) in [5.41, 5.74) is -0.862. The Morgan fingerprint density at radius 2 is 1.59 bits per heavy atom. The van der Waals surface area contributed by atoms with Crippen LogP contribution in [0.15, 0.2) is 59.5 Å². The molecule has 0 unspecified atom stereocenters. The molecule has 0 radical (unpaired) electrons. The first-order chi connectivity index (χ1) is 13.5. The van der Waals surface area contributed by atoms with Crippen molar-refractivity contribution in [2.75, 3.05) is 0 Å². The summed E-state index contributed by atoms with van der Waals surface area (Å²) in [6.07, 6.45) is 0. The molecule has 1 heterocycles. The van der Waals surface area contributed by atoms with Gasteiger partial charge in [0.15, 0.2) is 0 Å². The van der Waals surface area contributed by atoms with Crippen molar-refractivity contribution in [1.29, 1.82) is 0 Å². The van der Waals surface area contributed by atoms with Gasteiger partial charge < -0.3 is 15.1 Å². The van der Waals surface area contributed by atoms with Crippen molar-refractivity contribution in [3.8, 4) is 11.8 Å². The van der Waals surface area contributed by atoms with Gasteiger partial charge in [0.1, 0.15) is 6.04 Å². The minimum Gasteiger partial charge on any atom is -0.492 e. The van der Waals surface area contributed by atoms with Crippen LogP contribution in [0.2, 0.25) is 0 Å². The summed E-state index contributed by atoms with van der Waals surface area (Å²) in [5, 5.41) is 21.0. The largest absolute Gasteiger partial charge is 0.492 e. The van der Waals surface area contributed by atoms with Gasteiger partial charge in [-0.3, -0.25) is 0 Å². The van der Waals surface area contributed by atoms with Gasteiger partial charge in [0.25, 0.3) is 0 Å². The maximum atomic E-state index is 12.9. The number of hydrogen-bond donors (Lipinski definition) is 3. The monoisotopic (exact) mass is 418 g/mol. The highest BCUT2D eigenvalue weighted by atomic mass is 32.2. The van der Waals surface area contributed by atoms with Crippen LogP contribution in [0.5, 0.6) is 11.8 Å². The van der Waals surface area contributed by atoms with E-state index in [1.807, 2.05) is 12.1 Å². The van der Waals surface area contributed by atoms with Crippen LogP contribution in [-0.2, 0) is 14.8 Å². The fourth-order valence-electron chi connectivity index (χ4n) is 2.77. The number of aromatic hydroxyl groups is 2. The molecule has 0 aliphatic heterocycles. The number of benzene rings is 2. The number of fused-ring (bicyclic) bond motifs is 1. The van der Waals surface area contributed by atoms with E-state index < -0.39 is 39.2 Å². The predicted octanol–water partition coefficient (Wildman–Crippen LogP) is 2.40. The van der Waals surface area contributed by atoms with Gasteiger partial charge >= 0.3 is 5.97 Å². The molecule has 29 heavy (non-hydrogen) atoms. The molecule has 0 spiro atoms. The Morgan fingerprint density at radius 3 is 2.17 bits per heavy atom. The Balaban J connectivity index is 1.91. The number of hydrogen-bond acceptors (Lipinski definition) is 6. The average Bonchev–Trinajstić information content (AvgIpc) is 2.96. The Kier molecular flexibility index (Phi) is 5.29. The van der Waals surface area contributed by atoms with Crippen LogP contribution < -0.4 is 9.56 Å². The quantitative estimate of drug-likeness (QED) is 0.586. The summed E-state index contributed by atoms with van der Waals surface area (Å²) in [5.74, 6) is -1.98. The van der Waals surface area contributed by atoms with Gasteiger partial charge in [-0.05, 0) is 28.3 Å². The Hall–Kier alpha value is -3.04. The minimum absolute atomic E-state index is 0.00455. The van der Waals surface area contributed by atoms with E-state index in [9.17, 15) is 23.4 Å². The standard InChI is InChI=1S/C20H22N2O6S/c1-20(2,3)18(19(25)28-22-16(23)10-11-17(22)24)21-29(26,27)15-9-8-13-6-4-5-7-14(13)12-15/h4-12,18,21,23-24H,1-3H3/t18-/m1/s1. The summed E-state index contributed by atoms with van der Waals surface area (Å²) >= 11 is 0. The zero-order chi connectivity index (χ0) is 21.4. The zero-order valence-electron chi connectivity index (χ0n) is 16.2. The van der Waals surface area contributed by atoms with Gasteiger partial charge in [-0.1, -0.05) is 51.1 Å². The lowest BCUT2D eigenvalue weighted by molar-refractivity contribution is -0.150. The molecule has 8 nitrogen and oxygen atoms in total. The number of carbonyl (C=O) groups excluding carboxylic acids is 1.